The van der Waals surface area contributed by atoms with Crippen LogP contribution in [0.1, 0.15) is 5.89 Å². The number of carbonyl (C=O) groups excluding carboxylic acids is 1. The van der Waals surface area contributed by atoms with Gasteiger partial charge in [-0.25, -0.2) is 4.98 Å². The van der Waals surface area contributed by atoms with Crippen LogP contribution in [-0.2, 0) is 16.0 Å². The lowest BCUT2D eigenvalue weighted by molar-refractivity contribution is -0.140. The third-order valence-corrected chi connectivity index (χ3v) is 2.15. The van der Waals surface area contributed by atoms with Crippen LogP contribution >= 0.6 is 11.6 Å². The normalized spacial score (nSPS) is 10.5. The Bertz CT molecular complexity index is 506. The maximum Gasteiger partial charge on any atom is 0.314 e. The van der Waals surface area contributed by atoms with Crippen molar-refractivity contribution in [2.24, 2.45) is 0 Å². The molecule has 0 saturated carbocycles. The van der Waals surface area contributed by atoms with Crippen LogP contribution in [0.3, 0.4) is 0 Å². The number of hydrogen-bond donors (Lipinski definition) is 0. The summed E-state index contributed by atoms with van der Waals surface area (Å²) in [7, 11) is 1.32. The highest BCUT2D eigenvalue weighted by molar-refractivity contribution is 6.31. The molecule has 0 radical (unpaired) electrons. The number of aromatic nitrogens is 1. The minimum Gasteiger partial charge on any atom is -0.469 e. The Hall–Kier alpha value is -1.55. The standard InChI is InChI=1S/C10H8ClNO3/c1-14-10(13)5-9-12-7-4-6(11)2-3-8(7)15-9/h2-4H,5H2,1H3. The van der Waals surface area contributed by atoms with Crippen molar-refractivity contribution < 1.29 is 13.9 Å². The second kappa shape index (κ2) is 3.90. The number of esters is 1. The molecule has 1 aromatic heterocycles. The summed E-state index contributed by atoms with van der Waals surface area (Å²) in [6.45, 7) is 0. The lowest BCUT2D eigenvalue weighted by Gasteiger charge is -1.92. The number of rotatable bonds is 2. The molecule has 0 fully saturated rings. The van der Waals surface area contributed by atoms with Gasteiger partial charge in [0.15, 0.2) is 5.58 Å². The molecule has 0 spiro atoms. The van der Waals surface area contributed by atoms with E-state index in [1.165, 1.54) is 7.11 Å². The molecule has 0 N–H and O–H groups in total. The zero-order valence-electron chi connectivity index (χ0n) is 7.99. The van der Waals surface area contributed by atoms with Crippen LogP contribution in [0.15, 0.2) is 22.6 Å². The molecule has 4 nitrogen and oxygen atoms in total. The summed E-state index contributed by atoms with van der Waals surface area (Å²) in [4.78, 5) is 15.1. The van der Waals surface area contributed by atoms with Gasteiger partial charge in [0.05, 0.1) is 7.11 Å². The third kappa shape index (κ3) is 2.10. The largest absolute Gasteiger partial charge is 0.469 e. The summed E-state index contributed by atoms with van der Waals surface area (Å²) in [6, 6.07) is 5.10. The van der Waals surface area contributed by atoms with Gasteiger partial charge in [-0.1, -0.05) is 11.6 Å². The highest BCUT2D eigenvalue weighted by Gasteiger charge is 2.10. The monoisotopic (exact) mass is 225 g/mol. The van der Waals surface area contributed by atoms with E-state index in [9.17, 15) is 4.79 Å². The number of fused-ring (bicyclic) bond motifs is 1. The van der Waals surface area contributed by atoms with Gasteiger partial charge in [0, 0.05) is 5.02 Å². The van der Waals surface area contributed by atoms with Gasteiger partial charge in [-0.15, -0.1) is 0 Å². The second-order valence-corrected chi connectivity index (χ2v) is 3.41. The highest BCUT2D eigenvalue weighted by Crippen LogP contribution is 2.20. The first-order valence-electron chi connectivity index (χ1n) is 4.31. The van der Waals surface area contributed by atoms with Crippen molar-refractivity contribution in [3.05, 3.63) is 29.1 Å². The van der Waals surface area contributed by atoms with Gasteiger partial charge in [0.25, 0.3) is 0 Å². The molecule has 0 aliphatic heterocycles. The van der Waals surface area contributed by atoms with E-state index < -0.39 is 0 Å². The highest BCUT2D eigenvalue weighted by atomic mass is 35.5. The summed E-state index contributed by atoms with van der Waals surface area (Å²) >= 11 is 5.79. The van der Waals surface area contributed by atoms with Gasteiger partial charge in [0.1, 0.15) is 11.9 Å². The fourth-order valence-electron chi connectivity index (χ4n) is 1.22. The van der Waals surface area contributed by atoms with Crippen molar-refractivity contribution in [3.63, 3.8) is 0 Å². The van der Waals surface area contributed by atoms with E-state index in [2.05, 4.69) is 9.72 Å². The van der Waals surface area contributed by atoms with E-state index in [0.29, 0.717) is 22.0 Å². The van der Waals surface area contributed by atoms with Gasteiger partial charge in [-0.2, -0.15) is 0 Å². The number of methoxy groups -OCH3 is 1. The molecule has 0 saturated heterocycles. The van der Waals surface area contributed by atoms with Crippen molar-refractivity contribution in [1.82, 2.24) is 4.98 Å². The molecule has 0 aliphatic rings. The molecule has 5 heteroatoms. The number of carbonyl (C=O) groups is 1. The number of nitrogens with zero attached hydrogens (tertiary/aromatic N) is 1. The quantitative estimate of drug-likeness (QED) is 0.736. The maximum atomic E-state index is 11.0. The first kappa shape index (κ1) is 9.98. The number of ether oxygens (including phenoxy) is 1. The molecule has 78 valence electrons. The van der Waals surface area contributed by atoms with Crippen LogP contribution in [0, 0.1) is 0 Å². The average Bonchev–Trinajstić information content (AvgIpc) is 2.59. The minimum absolute atomic E-state index is 0.0306. The number of oxazole rings is 1. The molecule has 0 aliphatic carbocycles. The fraction of sp³-hybridized carbons (Fsp3) is 0.200. The summed E-state index contributed by atoms with van der Waals surface area (Å²) in [5.74, 6) is -0.0493. The Morgan fingerprint density at radius 1 is 1.60 bits per heavy atom. The average molecular weight is 226 g/mol. The molecular formula is C10H8ClNO3. The van der Waals surface area contributed by atoms with Crippen LogP contribution in [0.4, 0.5) is 0 Å². The molecular weight excluding hydrogens is 218 g/mol. The lowest BCUT2D eigenvalue weighted by Crippen LogP contribution is -2.04. The first-order chi connectivity index (χ1) is 7.19. The van der Waals surface area contributed by atoms with Crippen molar-refractivity contribution >= 4 is 28.7 Å². The van der Waals surface area contributed by atoms with E-state index >= 15 is 0 Å². The van der Waals surface area contributed by atoms with Crippen LogP contribution in [0.25, 0.3) is 11.1 Å². The van der Waals surface area contributed by atoms with Crippen LogP contribution in [-0.4, -0.2) is 18.1 Å². The van der Waals surface area contributed by atoms with Gasteiger partial charge in [-0.3, -0.25) is 4.79 Å². The Morgan fingerprint density at radius 2 is 2.40 bits per heavy atom. The second-order valence-electron chi connectivity index (χ2n) is 2.97. The molecule has 1 heterocycles. The van der Waals surface area contributed by atoms with Crippen molar-refractivity contribution in [2.45, 2.75) is 6.42 Å². The zero-order valence-corrected chi connectivity index (χ0v) is 8.75. The van der Waals surface area contributed by atoms with Crippen molar-refractivity contribution in [3.8, 4) is 0 Å². The van der Waals surface area contributed by atoms with Crippen molar-refractivity contribution in [1.29, 1.82) is 0 Å². The SMILES string of the molecule is COC(=O)Cc1nc2cc(Cl)ccc2o1. The number of benzene rings is 1. The van der Waals surface area contributed by atoms with E-state index in [1.54, 1.807) is 18.2 Å². The molecule has 2 rings (SSSR count). The lowest BCUT2D eigenvalue weighted by atomic mass is 10.3. The molecule has 15 heavy (non-hydrogen) atoms. The summed E-state index contributed by atoms with van der Waals surface area (Å²) in [5, 5.41) is 0.584. The van der Waals surface area contributed by atoms with E-state index in [1.807, 2.05) is 0 Å². The molecule has 0 unspecified atom stereocenters. The first-order valence-corrected chi connectivity index (χ1v) is 4.68. The van der Waals surface area contributed by atoms with Gasteiger partial charge in [-0.05, 0) is 18.2 Å². The Labute approximate surface area is 90.8 Å². The van der Waals surface area contributed by atoms with E-state index in [0.717, 1.165) is 0 Å². The number of halogens is 1. The zero-order chi connectivity index (χ0) is 10.8. The molecule has 2 aromatic rings. The van der Waals surface area contributed by atoms with E-state index in [4.69, 9.17) is 16.0 Å². The van der Waals surface area contributed by atoms with Gasteiger partial charge < -0.3 is 9.15 Å². The maximum absolute atomic E-state index is 11.0. The van der Waals surface area contributed by atoms with Crippen LogP contribution in [0.5, 0.6) is 0 Å². The molecule has 0 bridgehead atoms. The summed E-state index contributed by atoms with van der Waals surface area (Å²) < 4.78 is 9.83. The molecule has 1 aromatic carbocycles. The van der Waals surface area contributed by atoms with Crippen LogP contribution < -0.4 is 0 Å². The molecule has 0 atom stereocenters. The minimum atomic E-state index is -0.382. The summed E-state index contributed by atoms with van der Waals surface area (Å²) in [6.07, 6.45) is 0.0306. The predicted molar refractivity (Wildman–Crippen MR) is 54.7 cm³/mol. The van der Waals surface area contributed by atoms with Crippen LogP contribution in [0.2, 0.25) is 5.02 Å². The Balaban J connectivity index is 2.34. The summed E-state index contributed by atoms with van der Waals surface area (Å²) in [5.41, 5.74) is 1.25. The van der Waals surface area contributed by atoms with Crippen molar-refractivity contribution in [2.75, 3.05) is 7.11 Å². The molecule has 0 amide bonds. The third-order valence-electron chi connectivity index (χ3n) is 1.92. The topological polar surface area (TPSA) is 52.3 Å². The number of hydrogen-bond acceptors (Lipinski definition) is 4. The van der Waals surface area contributed by atoms with Gasteiger partial charge in [0.2, 0.25) is 5.89 Å². The van der Waals surface area contributed by atoms with Gasteiger partial charge >= 0.3 is 5.97 Å². The Morgan fingerprint density at radius 3 is 3.13 bits per heavy atom. The predicted octanol–water partition coefficient (Wildman–Crippen LogP) is 2.20. The smallest absolute Gasteiger partial charge is 0.314 e. The fourth-order valence-corrected chi connectivity index (χ4v) is 1.39. The Kier molecular flexibility index (Phi) is 2.60. The van der Waals surface area contributed by atoms with E-state index in [-0.39, 0.29) is 12.4 Å².